The first-order valence-corrected chi connectivity index (χ1v) is 9.59. The van der Waals surface area contributed by atoms with Gasteiger partial charge in [0.15, 0.2) is 5.82 Å². The summed E-state index contributed by atoms with van der Waals surface area (Å²) in [6, 6.07) is 1.85. The van der Waals surface area contributed by atoms with Crippen LogP contribution < -0.4 is 4.90 Å². The molecule has 7 nitrogen and oxygen atoms in total. The Morgan fingerprint density at radius 2 is 1.88 bits per heavy atom. The fourth-order valence-electron chi connectivity index (χ4n) is 3.15. The van der Waals surface area contributed by atoms with Gasteiger partial charge in [-0.1, -0.05) is 0 Å². The van der Waals surface area contributed by atoms with E-state index in [2.05, 4.69) is 26.8 Å². The van der Waals surface area contributed by atoms with E-state index in [4.69, 9.17) is 16.3 Å². The number of fused-ring (bicyclic) bond motifs is 1. The first kappa shape index (κ1) is 17.0. The third-order valence-corrected chi connectivity index (χ3v) is 5.92. The highest BCUT2D eigenvalue weighted by molar-refractivity contribution is 7.21. The lowest BCUT2D eigenvalue weighted by Crippen LogP contribution is -2.46. The SMILES string of the molecule is CN1CCN(C(=O)c2cc3nc(Cl)nc(N4CCOCC4)c3s2)CC1. The van der Waals surface area contributed by atoms with Gasteiger partial charge in [-0.2, -0.15) is 4.98 Å². The number of nitrogens with zero attached hydrogens (tertiary/aromatic N) is 5. The molecule has 0 aromatic carbocycles. The van der Waals surface area contributed by atoms with Crippen LogP contribution in [0.25, 0.3) is 10.2 Å². The first-order valence-electron chi connectivity index (χ1n) is 8.39. The van der Waals surface area contributed by atoms with E-state index in [-0.39, 0.29) is 11.2 Å². The van der Waals surface area contributed by atoms with Gasteiger partial charge in [0.05, 0.1) is 28.3 Å². The molecule has 9 heteroatoms. The van der Waals surface area contributed by atoms with Crippen LogP contribution in [0, 0.1) is 0 Å². The molecule has 2 aromatic heterocycles. The van der Waals surface area contributed by atoms with E-state index in [1.165, 1.54) is 11.3 Å². The standard InChI is InChI=1S/C16H20ClN5O2S/c1-20-2-4-22(5-3-20)15(23)12-10-11-13(25-12)14(19-16(17)18-11)21-6-8-24-9-7-21/h10H,2-9H2,1H3. The van der Waals surface area contributed by atoms with Crippen molar-refractivity contribution in [1.82, 2.24) is 19.8 Å². The van der Waals surface area contributed by atoms with E-state index in [1.807, 2.05) is 11.0 Å². The Hall–Kier alpha value is -1.48. The molecule has 4 rings (SSSR count). The number of morpholine rings is 1. The molecule has 0 aliphatic carbocycles. The van der Waals surface area contributed by atoms with E-state index >= 15 is 0 Å². The van der Waals surface area contributed by atoms with Gasteiger partial charge >= 0.3 is 0 Å². The highest BCUT2D eigenvalue weighted by Gasteiger charge is 2.25. The number of carbonyl (C=O) groups is 1. The lowest BCUT2D eigenvalue weighted by atomic mass is 10.3. The molecule has 0 bridgehead atoms. The lowest BCUT2D eigenvalue weighted by Gasteiger charge is -2.32. The maximum atomic E-state index is 12.9. The third kappa shape index (κ3) is 3.44. The molecule has 2 aliphatic heterocycles. The quantitative estimate of drug-likeness (QED) is 0.736. The van der Waals surface area contributed by atoms with Crippen molar-refractivity contribution in [2.45, 2.75) is 0 Å². The molecular formula is C16H20ClN5O2S. The number of aromatic nitrogens is 2. The minimum atomic E-state index is 0.0696. The van der Waals surface area contributed by atoms with Gasteiger partial charge in [-0.15, -0.1) is 11.3 Å². The molecule has 0 atom stereocenters. The topological polar surface area (TPSA) is 61.8 Å². The van der Waals surface area contributed by atoms with Crippen LogP contribution in [0.1, 0.15) is 9.67 Å². The zero-order valence-corrected chi connectivity index (χ0v) is 15.6. The fraction of sp³-hybridized carbons (Fsp3) is 0.562. The summed E-state index contributed by atoms with van der Waals surface area (Å²) in [6.45, 7) is 6.19. The summed E-state index contributed by atoms with van der Waals surface area (Å²) in [7, 11) is 2.08. The van der Waals surface area contributed by atoms with Gasteiger partial charge in [0.1, 0.15) is 0 Å². The summed E-state index contributed by atoms with van der Waals surface area (Å²) in [4.78, 5) is 28.6. The van der Waals surface area contributed by atoms with Crippen molar-refractivity contribution in [2.24, 2.45) is 0 Å². The summed E-state index contributed by atoms with van der Waals surface area (Å²) in [5.41, 5.74) is 0.740. The van der Waals surface area contributed by atoms with Gasteiger partial charge in [0.25, 0.3) is 5.91 Å². The van der Waals surface area contributed by atoms with Crippen molar-refractivity contribution in [1.29, 1.82) is 0 Å². The summed E-state index contributed by atoms with van der Waals surface area (Å²) < 4.78 is 6.34. The Labute approximate surface area is 155 Å². The minimum Gasteiger partial charge on any atom is -0.378 e. The highest BCUT2D eigenvalue weighted by atomic mass is 35.5. The molecule has 2 aromatic rings. The number of ether oxygens (including phenoxy) is 1. The Kier molecular flexibility index (Phi) is 4.77. The predicted octanol–water partition coefficient (Wildman–Crippen LogP) is 1.57. The number of halogens is 1. The summed E-state index contributed by atoms with van der Waals surface area (Å²) in [5, 5.41) is 0.213. The maximum Gasteiger partial charge on any atom is 0.264 e. The predicted molar refractivity (Wildman–Crippen MR) is 98.9 cm³/mol. The molecule has 0 spiro atoms. The van der Waals surface area contributed by atoms with Crippen LogP contribution in [0.5, 0.6) is 0 Å². The molecule has 0 unspecified atom stereocenters. The molecule has 0 N–H and O–H groups in total. The number of carbonyl (C=O) groups excluding carboxylic acids is 1. The number of hydrogen-bond acceptors (Lipinski definition) is 7. The Morgan fingerprint density at radius 3 is 2.60 bits per heavy atom. The van der Waals surface area contributed by atoms with Crippen molar-refractivity contribution < 1.29 is 9.53 Å². The van der Waals surface area contributed by atoms with Gasteiger partial charge in [0.2, 0.25) is 5.28 Å². The van der Waals surface area contributed by atoms with Crippen LogP contribution in [-0.2, 0) is 4.74 Å². The molecule has 2 aliphatic rings. The maximum absolute atomic E-state index is 12.9. The molecule has 0 radical (unpaired) electrons. The van der Waals surface area contributed by atoms with E-state index in [9.17, 15) is 4.79 Å². The Morgan fingerprint density at radius 1 is 1.16 bits per heavy atom. The zero-order valence-electron chi connectivity index (χ0n) is 14.1. The normalized spacial score (nSPS) is 19.6. The second-order valence-corrected chi connectivity index (χ2v) is 7.73. The van der Waals surface area contributed by atoms with Crippen molar-refractivity contribution in [3.63, 3.8) is 0 Å². The number of rotatable bonds is 2. The van der Waals surface area contributed by atoms with Crippen LogP contribution in [0.15, 0.2) is 6.07 Å². The van der Waals surface area contributed by atoms with Crippen molar-refractivity contribution in [3.8, 4) is 0 Å². The molecular weight excluding hydrogens is 362 g/mol. The van der Waals surface area contributed by atoms with Crippen molar-refractivity contribution in [3.05, 3.63) is 16.2 Å². The van der Waals surface area contributed by atoms with Gasteiger partial charge in [-0.25, -0.2) is 4.98 Å². The zero-order chi connectivity index (χ0) is 17.4. The summed E-state index contributed by atoms with van der Waals surface area (Å²) in [5.74, 6) is 0.876. The fourth-order valence-corrected chi connectivity index (χ4v) is 4.40. The van der Waals surface area contributed by atoms with Gasteiger partial charge in [-0.05, 0) is 24.7 Å². The number of likely N-dealkylation sites (N-methyl/N-ethyl adjacent to an activating group) is 1. The Bertz CT molecular complexity index is 784. The molecule has 0 saturated carbocycles. The van der Waals surface area contributed by atoms with Crippen LogP contribution in [0.4, 0.5) is 5.82 Å². The number of hydrogen-bond donors (Lipinski definition) is 0. The molecule has 134 valence electrons. The van der Waals surface area contributed by atoms with Crippen LogP contribution in [0.2, 0.25) is 5.28 Å². The molecule has 25 heavy (non-hydrogen) atoms. The number of thiophene rings is 1. The molecule has 2 saturated heterocycles. The van der Waals surface area contributed by atoms with E-state index in [0.717, 1.165) is 55.3 Å². The molecule has 1 amide bonds. The summed E-state index contributed by atoms with van der Waals surface area (Å²) in [6.07, 6.45) is 0. The van der Waals surface area contributed by atoms with Gasteiger partial charge < -0.3 is 19.4 Å². The van der Waals surface area contributed by atoms with Gasteiger partial charge in [-0.3, -0.25) is 4.79 Å². The largest absolute Gasteiger partial charge is 0.378 e. The van der Waals surface area contributed by atoms with Crippen molar-refractivity contribution >= 4 is 44.9 Å². The van der Waals surface area contributed by atoms with E-state index < -0.39 is 0 Å². The monoisotopic (exact) mass is 381 g/mol. The van der Waals surface area contributed by atoms with Crippen molar-refractivity contribution in [2.75, 3.05) is 64.4 Å². The highest BCUT2D eigenvalue weighted by Crippen LogP contribution is 2.34. The summed E-state index contributed by atoms with van der Waals surface area (Å²) >= 11 is 7.58. The lowest BCUT2D eigenvalue weighted by molar-refractivity contribution is 0.0669. The molecule has 4 heterocycles. The second kappa shape index (κ2) is 7.03. The van der Waals surface area contributed by atoms with Crippen LogP contribution >= 0.6 is 22.9 Å². The van der Waals surface area contributed by atoms with Crippen LogP contribution in [-0.4, -0.2) is 85.2 Å². The van der Waals surface area contributed by atoms with E-state index in [1.54, 1.807) is 0 Å². The van der Waals surface area contributed by atoms with Crippen LogP contribution in [0.3, 0.4) is 0 Å². The molecule has 2 fully saturated rings. The Balaban J connectivity index is 1.66. The number of amides is 1. The smallest absolute Gasteiger partial charge is 0.264 e. The third-order valence-electron chi connectivity index (χ3n) is 4.64. The van der Waals surface area contributed by atoms with Gasteiger partial charge in [0, 0.05) is 39.3 Å². The van der Waals surface area contributed by atoms with E-state index in [0.29, 0.717) is 18.1 Å². The second-order valence-electron chi connectivity index (χ2n) is 6.34. The number of piperazine rings is 1. The number of anilines is 1. The average molecular weight is 382 g/mol. The minimum absolute atomic E-state index is 0.0696. The average Bonchev–Trinajstić information content (AvgIpc) is 3.05. The first-order chi connectivity index (χ1) is 12.1.